The van der Waals surface area contributed by atoms with Gasteiger partial charge in [0, 0.05) is 25.8 Å². The second-order valence-corrected chi connectivity index (χ2v) is 11.1. The van der Waals surface area contributed by atoms with Crippen molar-refractivity contribution in [3.05, 3.63) is 0 Å². The van der Waals surface area contributed by atoms with Crippen LogP contribution in [0.5, 0.6) is 0 Å². The Bertz CT molecular complexity index is 971. The molecule has 0 fully saturated rings. The number of carbonyl (C=O) groups excluding carboxylic acids is 4. The van der Waals surface area contributed by atoms with Crippen molar-refractivity contribution >= 4 is 53.3 Å². The Labute approximate surface area is 272 Å². The molecule has 8 N–H and O–H groups in total. The highest BCUT2D eigenvalue weighted by Crippen LogP contribution is 2.05. The largest absolute Gasteiger partial charge is 0.480 e. The number of ether oxygens (including phenoxy) is 2. The third-order valence-corrected chi connectivity index (χ3v) is 7.01. The van der Waals surface area contributed by atoms with Gasteiger partial charge in [0.15, 0.2) is 0 Å². The summed E-state index contributed by atoms with van der Waals surface area (Å²) in [5.41, 5.74) is 0. The zero-order chi connectivity index (χ0) is 34.7. The first-order valence-corrected chi connectivity index (χ1v) is 16.4. The van der Waals surface area contributed by atoms with Crippen LogP contribution in [0.3, 0.4) is 0 Å². The number of hydrogen-bond acceptors (Lipinski definition) is 11. The molecule has 0 bridgehead atoms. The van der Waals surface area contributed by atoms with E-state index in [4.69, 9.17) is 9.47 Å². The normalized spacial score (nSPS) is 12.7. The van der Waals surface area contributed by atoms with Crippen LogP contribution in [-0.4, -0.2) is 134 Å². The third kappa shape index (κ3) is 22.9. The van der Waals surface area contributed by atoms with E-state index in [1.165, 1.54) is 0 Å². The Morgan fingerprint density at radius 3 is 1.70 bits per heavy atom. The average Bonchev–Trinajstić information content (AvgIpc) is 2.99. The fourth-order valence-electron chi connectivity index (χ4n) is 3.86. The molecular formula is C28H49N5O12S. The summed E-state index contributed by atoms with van der Waals surface area (Å²) in [4.78, 5) is 82.5. The van der Waals surface area contributed by atoms with Crippen LogP contribution < -0.4 is 26.6 Å². The average molecular weight is 680 g/mol. The topological polar surface area (TPSA) is 259 Å². The molecule has 17 nitrogen and oxygen atoms in total. The fraction of sp³-hybridized carbons (Fsp3) is 0.750. The molecule has 0 aliphatic carbocycles. The second kappa shape index (κ2) is 26.7. The lowest BCUT2D eigenvalue weighted by Crippen LogP contribution is -2.44. The van der Waals surface area contributed by atoms with E-state index < -0.39 is 59.7 Å². The van der Waals surface area contributed by atoms with Crippen LogP contribution in [0, 0.1) is 0 Å². The van der Waals surface area contributed by atoms with Crippen LogP contribution in [0.2, 0.25) is 0 Å². The molecule has 0 saturated carbocycles. The van der Waals surface area contributed by atoms with Crippen molar-refractivity contribution in [1.29, 1.82) is 0 Å². The van der Waals surface area contributed by atoms with Crippen molar-refractivity contribution in [2.24, 2.45) is 0 Å². The SMILES string of the molecule is CNCCCCC(NC(=O)COCCOCCNC(=O)CCC(NC(=O)CCC(NC(=O)CCCSC)C(=O)O)C(=O)O)C(=O)O. The summed E-state index contributed by atoms with van der Waals surface area (Å²) in [5.74, 6) is -5.27. The van der Waals surface area contributed by atoms with Crippen LogP contribution in [0.25, 0.3) is 0 Å². The van der Waals surface area contributed by atoms with Gasteiger partial charge in [-0.25, -0.2) is 14.4 Å². The summed E-state index contributed by atoms with van der Waals surface area (Å²) >= 11 is 1.55. The maximum Gasteiger partial charge on any atom is 0.326 e. The summed E-state index contributed by atoms with van der Waals surface area (Å²) in [6.07, 6.45) is 3.33. The van der Waals surface area contributed by atoms with Gasteiger partial charge in [-0.15, -0.1) is 0 Å². The predicted octanol–water partition coefficient (Wildman–Crippen LogP) is -1.06. The number of aliphatic carboxylic acids is 3. The maximum absolute atomic E-state index is 12.3. The molecule has 0 heterocycles. The summed E-state index contributed by atoms with van der Waals surface area (Å²) in [7, 11) is 1.80. The number of carbonyl (C=O) groups is 7. The Hall–Kier alpha value is -3.48. The van der Waals surface area contributed by atoms with Gasteiger partial charge in [0.05, 0.1) is 19.8 Å². The van der Waals surface area contributed by atoms with Gasteiger partial charge >= 0.3 is 17.9 Å². The van der Waals surface area contributed by atoms with Crippen molar-refractivity contribution in [2.45, 2.75) is 75.9 Å². The molecule has 0 aromatic carbocycles. The van der Waals surface area contributed by atoms with Gasteiger partial charge in [-0.1, -0.05) is 0 Å². The number of nitrogens with one attached hydrogen (secondary N) is 5. The molecule has 0 aliphatic heterocycles. The summed E-state index contributed by atoms with van der Waals surface area (Å²) in [6, 6.07) is -3.67. The van der Waals surface area contributed by atoms with Crippen LogP contribution in [0.15, 0.2) is 0 Å². The first-order chi connectivity index (χ1) is 21.9. The highest BCUT2D eigenvalue weighted by molar-refractivity contribution is 7.98. The van der Waals surface area contributed by atoms with E-state index in [1.807, 2.05) is 6.26 Å². The molecule has 0 aliphatic rings. The zero-order valence-electron chi connectivity index (χ0n) is 26.5. The zero-order valence-corrected chi connectivity index (χ0v) is 27.3. The Morgan fingerprint density at radius 2 is 1.13 bits per heavy atom. The Morgan fingerprint density at radius 1 is 0.609 bits per heavy atom. The lowest BCUT2D eigenvalue weighted by molar-refractivity contribution is -0.143. The Kier molecular flexibility index (Phi) is 24.7. The van der Waals surface area contributed by atoms with E-state index in [-0.39, 0.29) is 65.1 Å². The molecule has 0 rings (SSSR count). The standard InChI is InChI=1S/C28H49N5O12S/c1-29-12-4-3-6-19(26(38)39)33-25(37)18-45-16-15-44-14-13-30-22(34)10-8-20(27(40)41)32-24(36)11-9-21(28(42)43)31-23(35)7-5-17-46-2/h19-21,29H,3-18H2,1-2H3,(H,30,34)(H,31,35)(H,32,36)(H,33,37)(H,38,39)(H,40,41)(H,42,43). The van der Waals surface area contributed by atoms with Gasteiger partial charge in [0.2, 0.25) is 23.6 Å². The van der Waals surface area contributed by atoms with Crippen molar-refractivity contribution < 1.29 is 58.4 Å². The van der Waals surface area contributed by atoms with Crippen molar-refractivity contribution in [1.82, 2.24) is 26.6 Å². The molecular weight excluding hydrogens is 630 g/mol. The first kappa shape index (κ1) is 42.5. The van der Waals surface area contributed by atoms with E-state index in [2.05, 4.69) is 26.6 Å². The van der Waals surface area contributed by atoms with Gasteiger partial charge in [-0.2, -0.15) is 11.8 Å². The van der Waals surface area contributed by atoms with Crippen LogP contribution in [-0.2, 0) is 43.0 Å². The van der Waals surface area contributed by atoms with E-state index in [9.17, 15) is 48.9 Å². The molecule has 18 heteroatoms. The van der Waals surface area contributed by atoms with Gasteiger partial charge in [0.25, 0.3) is 0 Å². The maximum atomic E-state index is 12.3. The first-order valence-electron chi connectivity index (χ1n) is 15.0. The van der Waals surface area contributed by atoms with Gasteiger partial charge in [-0.3, -0.25) is 19.2 Å². The van der Waals surface area contributed by atoms with E-state index in [1.54, 1.807) is 18.8 Å². The highest BCUT2D eigenvalue weighted by atomic mass is 32.2. The smallest absolute Gasteiger partial charge is 0.326 e. The fourth-order valence-corrected chi connectivity index (χ4v) is 4.29. The van der Waals surface area contributed by atoms with Crippen molar-refractivity contribution in [2.75, 3.05) is 58.6 Å². The lowest BCUT2D eigenvalue weighted by Gasteiger charge is -2.17. The van der Waals surface area contributed by atoms with Gasteiger partial charge in [-0.05, 0) is 64.1 Å². The third-order valence-electron chi connectivity index (χ3n) is 6.32. The molecule has 0 aromatic heterocycles. The lowest BCUT2D eigenvalue weighted by atomic mass is 10.1. The monoisotopic (exact) mass is 679 g/mol. The molecule has 0 radical (unpaired) electrons. The van der Waals surface area contributed by atoms with Gasteiger partial charge in [0.1, 0.15) is 24.7 Å². The minimum absolute atomic E-state index is 0.0546. The minimum Gasteiger partial charge on any atom is -0.480 e. The minimum atomic E-state index is -1.38. The molecule has 0 spiro atoms. The molecule has 4 amide bonds. The molecule has 46 heavy (non-hydrogen) atoms. The second-order valence-electron chi connectivity index (χ2n) is 10.2. The quantitative estimate of drug-likeness (QED) is 0.0439. The number of rotatable bonds is 29. The highest BCUT2D eigenvalue weighted by Gasteiger charge is 2.24. The van der Waals surface area contributed by atoms with Gasteiger partial charge < -0.3 is 51.4 Å². The summed E-state index contributed by atoms with van der Waals surface area (Å²) < 4.78 is 10.5. The van der Waals surface area contributed by atoms with Crippen LogP contribution in [0.4, 0.5) is 0 Å². The number of carboxylic acid groups (broad SMARTS) is 3. The van der Waals surface area contributed by atoms with Crippen molar-refractivity contribution in [3.8, 4) is 0 Å². The number of unbranched alkanes of at least 4 members (excludes halogenated alkanes) is 1. The summed E-state index contributed by atoms with van der Waals surface area (Å²) in [6.45, 7) is 0.785. The number of carboxylic acids is 3. The van der Waals surface area contributed by atoms with E-state index >= 15 is 0 Å². The summed E-state index contributed by atoms with van der Waals surface area (Å²) in [5, 5.41) is 40.5. The molecule has 264 valence electrons. The number of hydrogen-bond donors (Lipinski definition) is 8. The van der Waals surface area contributed by atoms with Crippen LogP contribution >= 0.6 is 11.8 Å². The van der Waals surface area contributed by atoms with E-state index in [0.29, 0.717) is 19.3 Å². The van der Waals surface area contributed by atoms with Crippen LogP contribution in [0.1, 0.15) is 57.8 Å². The predicted molar refractivity (Wildman–Crippen MR) is 167 cm³/mol. The molecule has 3 unspecified atom stereocenters. The number of thioether (sulfide) groups is 1. The van der Waals surface area contributed by atoms with E-state index in [0.717, 1.165) is 18.7 Å². The molecule has 0 saturated heterocycles. The Balaban J connectivity index is 4.21. The molecule has 0 aromatic rings. The molecule has 3 atom stereocenters. The number of amides is 4. The van der Waals surface area contributed by atoms with Crippen molar-refractivity contribution in [3.63, 3.8) is 0 Å².